The van der Waals surface area contributed by atoms with Crippen molar-refractivity contribution in [1.82, 2.24) is 9.78 Å². The van der Waals surface area contributed by atoms with Gasteiger partial charge in [0.25, 0.3) is 10.0 Å². The van der Waals surface area contributed by atoms with E-state index in [0.29, 0.717) is 16.5 Å². The Bertz CT molecular complexity index is 1280. The lowest BCUT2D eigenvalue weighted by molar-refractivity contribution is 0.580. The van der Waals surface area contributed by atoms with Gasteiger partial charge in [-0.2, -0.15) is 5.10 Å². The predicted octanol–water partition coefficient (Wildman–Crippen LogP) is 3.30. The lowest BCUT2D eigenvalue weighted by Crippen LogP contribution is -2.16. The molecule has 10 heteroatoms. The van der Waals surface area contributed by atoms with Crippen molar-refractivity contribution in [3.05, 3.63) is 47.6 Å². The van der Waals surface area contributed by atoms with Crippen LogP contribution in [-0.4, -0.2) is 32.9 Å². The van der Waals surface area contributed by atoms with Gasteiger partial charge in [-0.1, -0.05) is 23.7 Å². The summed E-state index contributed by atoms with van der Waals surface area (Å²) in [5.41, 5.74) is 1.11. The van der Waals surface area contributed by atoms with Gasteiger partial charge in [-0.05, 0) is 49.1 Å². The van der Waals surface area contributed by atoms with Gasteiger partial charge in [-0.15, -0.1) is 0 Å². The molecule has 1 aliphatic carbocycles. The first-order valence-corrected chi connectivity index (χ1v) is 12.4. The number of benzene rings is 2. The van der Waals surface area contributed by atoms with E-state index in [4.69, 9.17) is 11.6 Å². The van der Waals surface area contributed by atoms with Crippen molar-refractivity contribution in [2.75, 3.05) is 11.0 Å². The van der Waals surface area contributed by atoms with Gasteiger partial charge in [0, 0.05) is 23.9 Å². The minimum Gasteiger partial charge on any atom is -0.280 e. The van der Waals surface area contributed by atoms with Gasteiger partial charge in [-0.25, -0.2) is 16.8 Å². The van der Waals surface area contributed by atoms with Crippen LogP contribution in [-0.2, 0) is 26.4 Å². The number of nitrogens with one attached hydrogen (secondary N) is 1. The summed E-state index contributed by atoms with van der Waals surface area (Å²) in [6, 6.07) is 10.5. The Morgan fingerprint density at radius 1 is 1.11 bits per heavy atom. The molecule has 1 aliphatic rings. The second-order valence-electron chi connectivity index (χ2n) is 6.97. The average molecular weight is 440 g/mol. The molecule has 0 aliphatic heterocycles. The summed E-state index contributed by atoms with van der Waals surface area (Å²) in [4.78, 5) is -0.549. The van der Waals surface area contributed by atoms with E-state index in [1.807, 2.05) is 4.68 Å². The zero-order valence-electron chi connectivity index (χ0n) is 15.0. The molecule has 148 valence electrons. The molecule has 0 atom stereocenters. The molecule has 1 heterocycles. The number of aromatic nitrogens is 2. The summed E-state index contributed by atoms with van der Waals surface area (Å²) in [6.45, 7) is 0.788. The van der Waals surface area contributed by atoms with Gasteiger partial charge in [0.2, 0.25) is 0 Å². The SMILES string of the molecule is CS(=O)(=O)c1ccccc1S(=O)(=O)Nc1ccc2c(c1)c(Cl)nn2CC1CC1. The van der Waals surface area contributed by atoms with Crippen LogP contribution in [0.15, 0.2) is 52.3 Å². The summed E-state index contributed by atoms with van der Waals surface area (Å²) in [7, 11) is -7.82. The predicted molar refractivity (Wildman–Crippen MR) is 108 cm³/mol. The van der Waals surface area contributed by atoms with E-state index in [1.165, 1.54) is 37.1 Å². The fraction of sp³-hybridized carbons (Fsp3) is 0.278. The van der Waals surface area contributed by atoms with Crippen LogP contribution in [0.25, 0.3) is 10.9 Å². The molecular formula is C18H18ClN3O4S2. The van der Waals surface area contributed by atoms with Crippen molar-refractivity contribution in [1.29, 1.82) is 0 Å². The van der Waals surface area contributed by atoms with Crippen LogP contribution in [0.3, 0.4) is 0 Å². The Labute approximate surface area is 168 Å². The van der Waals surface area contributed by atoms with Crippen molar-refractivity contribution in [3.63, 3.8) is 0 Å². The van der Waals surface area contributed by atoms with Gasteiger partial charge in [0.15, 0.2) is 15.0 Å². The van der Waals surface area contributed by atoms with E-state index < -0.39 is 19.9 Å². The van der Waals surface area contributed by atoms with Gasteiger partial charge < -0.3 is 0 Å². The van der Waals surface area contributed by atoms with Crippen molar-refractivity contribution in [2.45, 2.75) is 29.2 Å². The molecule has 1 N–H and O–H groups in total. The Balaban J connectivity index is 1.71. The first-order chi connectivity index (χ1) is 13.1. The summed E-state index contributed by atoms with van der Waals surface area (Å²) in [6.07, 6.45) is 3.33. The highest BCUT2D eigenvalue weighted by atomic mass is 35.5. The molecule has 0 bridgehead atoms. The Morgan fingerprint density at radius 3 is 2.43 bits per heavy atom. The maximum atomic E-state index is 12.8. The van der Waals surface area contributed by atoms with Crippen molar-refractivity contribution >= 4 is 48.1 Å². The second-order valence-corrected chi connectivity index (χ2v) is 11.0. The standard InChI is InChI=1S/C18H18ClN3O4S2/c1-27(23,24)16-4-2-3-5-17(16)28(25,26)21-13-8-9-15-14(10-13)18(19)20-22(15)11-12-6-7-12/h2-5,8-10,12,21H,6-7,11H2,1H3. The van der Waals surface area contributed by atoms with E-state index in [9.17, 15) is 16.8 Å². The van der Waals surface area contributed by atoms with Crippen LogP contribution >= 0.6 is 11.6 Å². The molecular weight excluding hydrogens is 422 g/mol. The fourth-order valence-electron chi connectivity index (χ4n) is 3.08. The first-order valence-electron chi connectivity index (χ1n) is 8.63. The number of anilines is 1. The number of hydrogen-bond acceptors (Lipinski definition) is 5. The van der Waals surface area contributed by atoms with Crippen LogP contribution in [0.1, 0.15) is 12.8 Å². The second kappa shape index (κ2) is 6.75. The van der Waals surface area contributed by atoms with Crippen molar-refractivity contribution in [2.24, 2.45) is 5.92 Å². The molecule has 0 saturated heterocycles. The molecule has 28 heavy (non-hydrogen) atoms. The molecule has 7 nitrogen and oxygen atoms in total. The summed E-state index contributed by atoms with van der Waals surface area (Å²) >= 11 is 6.24. The maximum Gasteiger partial charge on any atom is 0.263 e. The van der Waals surface area contributed by atoms with E-state index in [0.717, 1.165) is 18.3 Å². The molecule has 1 saturated carbocycles. The van der Waals surface area contributed by atoms with Crippen LogP contribution in [0.4, 0.5) is 5.69 Å². The average Bonchev–Trinajstić information content (AvgIpc) is 3.38. The molecule has 2 aromatic carbocycles. The van der Waals surface area contributed by atoms with Crippen LogP contribution < -0.4 is 4.72 Å². The molecule has 1 aromatic heterocycles. The quantitative estimate of drug-likeness (QED) is 0.635. The van der Waals surface area contributed by atoms with Crippen molar-refractivity contribution in [3.8, 4) is 0 Å². The molecule has 0 radical (unpaired) electrons. The number of fused-ring (bicyclic) bond motifs is 1. The topological polar surface area (TPSA) is 98.1 Å². The van der Waals surface area contributed by atoms with Gasteiger partial charge in [0.1, 0.15) is 4.90 Å². The van der Waals surface area contributed by atoms with E-state index >= 15 is 0 Å². The van der Waals surface area contributed by atoms with Gasteiger partial charge >= 0.3 is 0 Å². The van der Waals surface area contributed by atoms with E-state index in [1.54, 1.807) is 18.2 Å². The van der Waals surface area contributed by atoms with Crippen LogP contribution in [0.2, 0.25) is 5.15 Å². The molecule has 1 fully saturated rings. The highest BCUT2D eigenvalue weighted by Gasteiger charge is 2.25. The third kappa shape index (κ3) is 3.74. The minimum absolute atomic E-state index is 0.251. The summed E-state index contributed by atoms with van der Waals surface area (Å²) < 4.78 is 53.8. The van der Waals surface area contributed by atoms with E-state index in [-0.39, 0.29) is 15.5 Å². The minimum atomic E-state index is -4.11. The Hall–Kier alpha value is -2.10. The smallest absolute Gasteiger partial charge is 0.263 e. The zero-order valence-corrected chi connectivity index (χ0v) is 17.4. The van der Waals surface area contributed by atoms with Crippen molar-refractivity contribution < 1.29 is 16.8 Å². The third-order valence-electron chi connectivity index (χ3n) is 4.62. The highest BCUT2D eigenvalue weighted by molar-refractivity contribution is 7.95. The van der Waals surface area contributed by atoms with Crippen LogP contribution in [0.5, 0.6) is 0 Å². The van der Waals surface area contributed by atoms with Gasteiger partial charge in [0.05, 0.1) is 10.4 Å². The molecule has 0 amide bonds. The lowest BCUT2D eigenvalue weighted by atomic mass is 10.2. The number of sulfonamides is 1. The zero-order chi connectivity index (χ0) is 20.1. The monoisotopic (exact) mass is 439 g/mol. The Morgan fingerprint density at radius 2 is 1.79 bits per heavy atom. The normalized spacial score (nSPS) is 15.1. The number of hydrogen-bond donors (Lipinski definition) is 1. The largest absolute Gasteiger partial charge is 0.280 e. The Kier molecular flexibility index (Phi) is 4.64. The number of rotatable bonds is 6. The van der Waals surface area contributed by atoms with Crippen LogP contribution in [0, 0.1) is 5.92 Å². The van der Waals surface area contributed by atoms with E-state index in [2.05, 4.69) is 9.82 Å². The number of halogens is 1. The lowest BCUT2D eigenvalue weighted by Gasteiger charge is -2.11. The summed E-state index contributed by atoms with van der Waals surface area (Å²) in [5.74, 6) is 0.616. The molecule has 4 rings (SSSR count). The molecule has 0 unspecified atom stereocenters. The number of nitrogens with zero attached hydrogens (tertiary/aromatic N) is 2. The third-order valence-corrected chi connectivity index (χ3v) is 7.63. The van der Waals surface area contributed by atoms with Gasteiger partial charge in [-0.3, -0.25) is 9.40 Å². The number of sulfone groups is 1. The fourth-order valence-corrected chi connectivity index (χ4v) is 6.00. The first kappa shape index (κ1) is 19.2. The molecule has 3 aromatic rings. The molecule has 0 spiro atoms. The maximum absolute atomic E-state index is 12.8. The summed E-state index contributed by atoms with van der Waals surface area (Å²) in [5, 5.41) is 5.27. The highest BCUT2D eigenvalue weighted by Crippen LogP contribution is 2.34.